The Balaban J connectivity index is 2.35. The Kier molecular flexibility index (Phi) is 5.46. The van der Waals surface area contributed by atoms with Gasteiger partial charge in [0, 0.05) is 7.11 Å². The summed E-state index contributed by atoms with van der Waals surface area (Å²) in [4.78, 5) is 12.5. The predicted octanol–water partition coefficient (Wildman–Crippen LogP) is 3.92. The summed E-state index contributed by atoms with van der Waals surface area (Å²) in [5.41, 5.74) is 1.72. The van der Waals surface area contributed by atoms with Gasteiger partial charge in [-0.1, -0.05) is 39.0 Å². The minimum atomic E-state index is -0.401. The van der Waals surface area contributed by atoms with Crippen molar-refractivity contribution in [1.29, 1.82) is 0 Å². The zero-order valence-corrected chi connectivity index (χ0v) is 14.4. The number of methoxy groups -OCH3 is 1. The lowest BCUT2D eigenvalue weighted by atomic mass is 9.87. The maximum absolute atomic E-state index is 12.5. The highest BCUT2D eigenvalue weighted by Gasteiger charge is 2.18. The summed E-state index contributed by atoms with van der Waals surface area (Å²) in [6, 6.07) is 12.0. The highest BCUT2D eigenvalue weighted by atomic mass is 16.7. The standard InChI is InChI=1S/C19H23NO4/c1-19(2,3)13-9-10-17(24-12-23-4)15(11-13)20-18(22)14-7-5-6-8-16(14)21/h5-11,21H,12H2,1-4H3,(H,20,22). The van der Waals surface area contributed by atoms with Gasteiger partial charge in [0.2, 0.25) is 0 Å². The molecule has 0 bridgehead atoms. The van der Waals surface area contributed by atoms with Crippen LogP contribution in [0.15, 0.2) is 42.5 Å². The molecule has 0 unspecified atom stereocenters. The molecule has 0 saturated carbocycles. The number of phenolic OH excluding ortho intramolecular Hbond substituents is 1. The summed E-state index contributed by atoms with van der Waals surface area (Å²) < 4.78 is 10.5. The number of anilines is 1. The van der Waals surface area contributed by atoms with Gasteiger partial charge in [0.15, 0.2) is 6.79 Å². The molecule has 0 atom stereocenters. The highest BCUT2D eigenvalue weighted by Crippen LogP contribution is 2.32. The van der Waals surface area contributed by atoms with Crippen LogP contribution in [0.1, 0.15) is 36.7 Å². The van der Waals surface area contributed by atoms with E-state index < -0.39 is 5.91 Å². The first kappa shape index (κ1) is 17.8. The fraction of sp³-hybridized carbons (Fsp3) is 0.316. The molecule has 2 N–H and O–H groups in total. The monoisotopic (exact) mass is 329 g/mol. The number of carbonyl (C=O) groups is 1. The number of nitrogens with one attached hydrogen (secondary N) is 1. The Labute approximate surface area is 142 Å². The largest absolute Gasteiger partial charge is 0.507 e. The molecular formula is C19H23NO4. The van der Waals surface area contributed by atoms with Crippen LogP contribution in [0.25, 0.3) is 0 Å². The second-order valence-corrected chi connectivity index (χ2v) is 6.48. The maximum atomic E-state index is 12.5. The number of carbonyl (C=O) groups excluding carboxylic acids is 1. The number of benzene rings is 2. The molecule has 0 radical (unpaired) electrons. The van der Waals surface area contributed by atoms with Gasteiger partial charge in [0.1, 0.15) is 11.5 Å². The molecule has 1 amide bonds. The fourth-order valence-corrected chi connectivity index (χ4v) is 2.20. The molecule has 24 heavy (non-hydrogen) atoms. The van der Waals surface area contributed by atoms with Crippen molar-refractivity contribution < 1.29 is 19.4 Å². The molecule has 2 aromatic carbocycles. The zero-order valence-electron chi connectivity index (χ0n) is 14.4. The van der Waals surface area contributed by atoms with Crippen molar-refractivity contribution in [3.63, 3.8) is 0 Å². The van der Waals surface area contributed by atoms with Gasteiger partial charge in [-0.05, 0) is 35.2 Å². The van der Waals surface area contributed by atoms with Crippen LogP contribution in [-0.2, 0) is 10.2 Å². The summed E-state index contributed by atoms with van der Waals surface area (Å²) in [6.07, 6.45) is 0. The number of hydrogen-bond donors (Lipinski definition) is 2. The van der Waals surface area contributed by atoms with E-state index in [1.807, 2.05) is 12.1 Å². The van der Waals surface area contributed by atoms with Crippen LogP contribution in [0.4, 0.5) is 5.69 Å². The average Bonchev–Trinajstić information content (AvgIpc) is 2.53. The molecule has 0 aliphatic rings. The van der Waals surface area contributed by atoms with E-state index in [1.165, 1.54) is 13.2 Å². The summed E-state index contributed by atoms with van der Waals surface area (Å²) in [5, 5.41) is 12.7. The van der Waals surface area contributed by atoms with Gasteiger partial charge in [-0.25, -0.2) is 0 Å². The smallest absolute Gasteiger partial charge is 0.259 e. The van der Waals surface area contributed by atoms with E-state index in [4.69, 9.17) is 9.47 Å². The first-order valence-corrected chi connectivity index (χ1v) is 7.68. The maximum Gasteiger partial charge on any atom is 0.259 e. The molecule has 2 rings (SSSR count). The molecule has 2 aromatic rings. The Bertz CT molecular complexity index is 720. The molecule has 0 fully saturated rings. The Morgan fingerprint density at radius 3 is 2.50 bits per heavy atom. The molecule has 0 aliphatic heterocycles. The number of ether oxygens (including phenoxy) is 2. The van der Waals surface area contributed by atoms with E-state index in [0.717, 1.165) is 5.56 Å². The van der Waals surface area contributed by atoms with Crippen molar-refractivity contribution in [2.45, 2.75) is 26.2 Å². The van der Waals surface area contributed by atoms with Crippen LogP contribution in [0.3, 0.4) is 0 Å². The lowest BCUT2D eigenvalue weighted by Crippen LogP contribution is -2.16. The van der Waals surface area contributed by atoms with E-state index in [9.17, 15) is 9.90 Å². The van der Waals surface area contributed by atoms with E-state index in [1.54, 1.807) is 24.3 Å². The lowest BCUT2D eigenvalue weighted by molar-refractivity contribution is 0.0515. The van der Waals surface area contributed by atoms with Gasteiger partial charge < -0.3 is 19.9 Å². The minimum absolute atomic E-state index is 0.0682. The second-order valence-electron chi connectivity index (χ2n) is 6.48. The van der Waals surface area contributed by atoms with Crippen molar-refractivity contribution in [3.05, 3.63) is 53.6 Å². The van der Waals surface area contributed by atoms with E-state index in [2.05, 4.69) is 26.1 Å². The van der Waals surface area contributed by atoms with Crippen LogP contribution < -0.4 is 10.1 Å². The predicted molar refractivity (Wildman–Crippen MR) is 93.7 cm³/mol. The molecule has 0 saturated heterocycles. The summed E-state index contributed by atoms with van der Waals surface area (Å²) in [6.45, 7) is 6.35. The van der Waals surface area contributed by atoms with Gasteiger partial charge >= 0.3 is 0 Å². The molecule has 0 heterocycles. The van der Waals surface area contributed by atoms with Crippen molar-refractivity contribution >= 4 is 11.6 Å². The van der Waals surface area contributed by atoms with Crippen LogP contribution >= 0.6 is 0 Å². The van der Waals surface area contributed by atoms with E-state index in [0.29, 0.717) is 11.4 Å². The molecule has 0 aliphatic carbocycles. The first-order chi connectivity index (χ1) is 11.3. The quantitative estimate of drug-likeness (QED) is 0.816. The molecule has 0 aromatic heterocycles. The first-order valence-electron chi connectivity index (χ1n) is 7.68. The third kappa shape index (κ3) is 4.26. The van der Waals surface area contributed by atoms with Gasteiger partial charge in [0.25, 0.3) is 5.91 Å². The topological polar surface area (TPSA) is 67.8 Å². The third-order valence-electron chi connectivity index (χ3n) is 3.57. The molecule has 128 valence electrons. The Morgan fingerprint density at radius 2 is 1.88 bits per heavy atom. The molecule has 5 nitrogen and oxygen atoms in total. The average molecular weight is 329 g/mol. The van der Waals surface area contributed by atoms with Gasteiger partial charge in [-0.3, -0.25) is 4.79 Å². The third-order valence-corrected chi connectivity index (χ3v) is 3.57. The van der Waals surface area contributed by atoms with Gasteiger partial charge in [0.05, 0.1) is 11.3 Å². The van der Waals surface area contributed by atoms with Crippen molar-refractivity contribution in [2.75, 3.05) is 19.2 Å². The number of rotatable bonds is 5. The second kappa shape index (κ2) is 7.36. The van der Waals surface area contributed by atoms with Crippen molar-refractivity contribution in [3.8, 4) is 11.5 Å². The van der Waals surface area contributed by atoms with Crippen LogP contribution in [0.2, 0.25) is 0 Å². The summed E-state index contributed by atoms with van der Waals surface area (Å²) in [7, 11) is 1.53. The molecule has 0 spiro atoms. The number of amides is 1. The SMILES string of the molecule is COCOc1ccc(C(C)(C)C)cc1NC(=O)c1ccccc1O. The number of aromatic hydroxyl groups is 1. The van der Waals surface area contributed by atoms with Crippen LogP contribution in [0, 0.1) is 0 Å². The summed E-state index contributed by atoms with van der Waals surface area (Å²) in [5.74, 6) is 0.0383. The van der Waals surface area contributed by atoms with Crippen molar-refractivity contribution in [2.24, 2.45) is 0 Å². The van der Waals surface area contributed by atoms with Crippen molar-refractivity contribution in [1.82, 2.24) is 0 Å². The Morgan fingerprint density at radius 1 is 1.17 bits per heavy atom. The highest BCUT2D eigenvalue weighted by molar-refractivity contribution is 6.06. The normalized spacial score (nSPS) is 11.2. The number of hydrogen-bond acceptors (Lipinski definition) is 4. The zero-order chi connectivity index (χ0) is 17.7. The lowest BCUT2D eigenvalue weighted by Gasteiger charge is -2.21. The number of para-hydroxylation sites is 1. The van der Waals surface area contributed by atoms with E-state index in [-0.39, 0.29) is 23.5 Å². The fourth-order valence-electron chi connectivity index (χ4n) is 2.20. The Hall–Kier alpha value is -2.53. The molecular weight excluding hydrogens is 306 g/mol. The van der Waals surface area contributed by atoms with Crippen LogP contribution in [-0.4, -0.2) is 24.9 Å². The van der Waals surface area contributed by atoms with Gasteiger partial charge in [-0.15, -0.1) is 0 Å². The van der Waals surface area contributed by atoms with E-state index >= 15 is 0 Å². The summed E-state index contributed by atoms with van der Waals surface area (Å²) >= 11 is 0. The van der Waals surface area contributed by atoms with Gasteiger partial charge in [-0.2, -0.15) is 0 Å². The minimum Gasteiger partial charge on any atom is -0.507 e. The number of phenols is 1. The molecule has 5 heteroatoms. The van der Waals surface area contributed by atoms with Crippen LogP contribution in [0.5, 0.6) is 11.5 Å².